The largest absolute Gasteiger partial charge is 0.478 e. The summed E-state index contributed by atoms with van der Waals surface area (Å²) in [6.45, 7) is 5.90. The van der Waals surface area contributed by atoms with E-state index in [1.54, 1.807) is 17.0 Å². The van der Waals surface area contributed by atoms with Crippen molar-refractivity contribution in [3.63, 3.8) is 0 Å². The van der Waals surface area contributed by atoms with Crippen molar-refractivity contribution in [3.8, 4) is 5.69 Å². The van der Waals surface area contributed by atoms with Crippen LogP contribution in [-0.4, -0.2) is 25.6 Å². The van der Waals surface area contributed by atoms with Crippen molar-refractivity contribution in [2.75, 3.05) is 0 Å². The normalized spacial score (nSPS) is 11.0. The first kappa shape index (κ1) is 13.3. The van der Waals surface area contributed by atoms with E-state index >= 15 is 0 Å². The lowest BCUT2D eigenvalue weighted by Crippen LogP contribution is -2.06. The van der Waals surface area contributed by atoms with E-state index in [1.807, 2.05) is 32.9 Å². The second kappa shape index (κ2) is 4.70. The number of benzene rings is 1. The quantitative estimate of drug-likeness (QED) is 0.784. The third-order valence-electron chi connectivity index (χ3n) is 3.67. The molecular weight excluding hydrogens is 266 g/mol. The lowest BCUT2D eigenvalue weighted by Gasteiger charge is -2.10. The number of carboxylic acid groups (broad SMARTS) is 1. The molecule has 0 saturated carbocycles. The van der Waals surface area contributed by atoms with Gasteiger partial charge in [0.15, 0.2) is 0 Å². The molecule has 0 atom stereocenters. The number of pyridine rings is 1. The van der Waals surface area contributed by atoms with E-state index in [9.17, 15) is 9.90 Å². The highest BCUT2D eigenvalue weighted by Crippen LogP contribution is 2.24. The molecule has 21 heavy (non-hydrogen) atoms. The average molecular weight is 281 g/mol. The first-order valence-corrected chi connectivity index (χ1v) is 6.62. The highest BCUT2D eigenvalue weighted by atomic mass is 16.4. The van der Waals surface area contributed by atoms with Gasteiger partial charge in [-0.15, -0.1) is 0 Å². The Labute approximate surface area is 121 Å². The van der Waals surface area contributed by atoms with Crippen LogP contribution in [0.5, 0.6) is 0 Å². The SMILES string of the molecule is Cc1cc(-n2cnc3cc(C)c(C)cc32)c(C(=O)O)cn1. The molecule has 0 fully saturated rings. The summed E-state index contributed by atoms with van der Waals surface area (Å²) >= 11 is 0. The molecule has 0 aliphatic heterocycles. The summed E-state index contributed by atoms with van der Waals surface area (Å²) in [5, 5.41) is 9.35. The van der Waals surface area contributed by atoms with Crippen molar-refractivity contribution in [2.24, 2.45) is 0 Å². The third kappa shape index (κ3) is 2.16. The van der Waals surface area contributed by atoms with E-state index in [1.165, 1.54) is 6.20 Å². The van der Waals surface area contributed by atoms with Crippen molar-refractivity contribution in [1.82, 2.24) is 14.5 Å². The van der Waals surface area contributed by atoms with Crippen molar-refractivity contribution in [3.05, 3.63) is 53.1 Å². The summed E-state index contributed by atoms with van der Waals surface area (Å²) in [6, 6.07) is 5.80. The first-order valence-electron chi connectivity index (χ1n) is 6.62. The van der Waals surface area contributed by atoms with E-state index in [4.69, 9.17) is 0 Å². The van der Waals surface area contributed by atoms with Crippen molar-refractivity contribution >= 4 is 17.0 Å². The number of hydrogen-bond donors (Lipinski definition) is 1. The second-order valence-electron chi connectivity index (χ2n) is 5.19. The Hall–Kier alpha value is -2.69. The fourth-order valence-electron chi connectivity index (χ4n) is 2.37. The summed E-state index contributed by atoms with van der Waals surface area (Å²) < 4.78 is 1.81. The minimum Gasteiger partial charge on any atom is -0.478 e. The van der Waals surface area contributed by atoms with E-state index in [2.05, 4.69) is 9.97 Å². The zero-order chi connectivity index (χ0) is 15.1. The van der Waals surface area contributed by atoms with Gasteiger partial charge in [0.1, 0.15) is 11.9 Å². The number of carbonyl (C=O) groups is 1. The number of carboxylic acids is 1. The monoisotopic (exact) mass is 281 g/mol. The van der Waals surface area contributed by atoms with Crippen LogP contribution >= 0.6 is 0 Å². The van der Waals surface area contributed by atoms with Crippen LogP contribution in [0.15, 0.2) is 30.7 Å². The summed E-state index contributed by atoms with van der Waals surface area (Å²) in [5.74, 6) is -0.997. The van der Waals surface area contributed by atoms with Gasteiger partial charge in [0.2, 0.25) is 0 Å². The summed E-state index contributed by atoms with van der Waals surface area (Å²) in [6.07, 6.45) is 3.05. The van der Waals surface area contributed by atoms with Gasteiger partial charge in [0.25, 0.3) is 0 Å². The third-order valence-corrected chi connectivity index (χ3v) is 3.67. The van der Waals surface area contributed by atoms with Gasteiger partial charge in [0, 0.05) is 11.9 Å². The van der Waals surface area contributed by atoms with Gasteiger partial charge >= 0.3 is 5.97 Å². The molecule has 3 rings (SSSR count). The molecule has 0 amide bonds. The molecule has 5 heteroatoms. The Morgan fingerprint density at radius 2 is 1.81 bits per heavy atom. The topological polar surface area (TPSA) is 68.0 Å². The van der Waals surface area contributed by atoms with Crippen LogP contribution in [0, 0.1) is 20.8 Å². The molecule has 106 valence electrons. The number of hydrogen-bond acceptors (Lipinski definition) is 3. The molecular formula is C16H15N3O2. The molecule has 0 unspecified atom stereocenters. The molecule has 0 radical (unpaired) electrons. The molecule has 0 aliphatic carbocycles. The van der Waals surface area contributed by atoms with Crippen LogP contribution in [0.4, 0.5) is 0 Å². The lowest BCUT2D eigenvalue weighted by molar-refractivity contribution is 0.0696. The van der Waals surface area contributed by atoms with E-state index in [0.717, 1.165) is 27.9 Å². The molecule has 1 N–H and O–H groups in total. The smallest absolute Gasteiger partial charge is 0.339 e. The molecule has 0 spiro atoms. The Morgan fingerprint density at radius 3 is 2.52 bits per heavy atom. The molecule has 2 aromatic heterocycles. The lowest BCUT2D eigenvalue weighted by atomic mass is 10.1. The highest BCUT2D eigenvalue weighted by Gasteiger charge is 2.15. The molecule has 0 bridgehead atoms. The number of rotatable bonds is 2. The van der Waals surface area contributed by atoms with Gasteiger partial charge in [-0.25, -0.2) is 9.78 Å². The van der Waals surface area contributed by atoms with Crippen LogP contribution in [0.25, 0.3) is 16.7 Å². The maximum Gasteiger partial charge on any atom is 0.339 e. The van der Waals surface area contributed by atoms with Gasteiger partial charge in [-0.1, -0.05) is 0 Å². The maximum absolute atomic E-state index is 11.4. The van der Waals surface area contributed by atoms with E-state index < -0.39 is 5.97 Å². The molecule has 0 saturated heterocycles. The van der Waals surface area contributed by atoms with Crippen LogP contribution < -0.4 is 0 Å². The summed E-state index contributed by atoms with van der Waals surface area (Å²) in [5.41, 5.74) is 5.57. The Morgan fingerprint density at radius 1 is 1.10 bits per heavy atom. The number of imidazole rings is 1. The first-order chi connectivity index (χ1) is 9.97. The Bertz CT molecular complexity index is 865. The van der Waals surface area contributed by atoms with Crippen LogP contribution in [0.3, 0.4) is 0 Å². The van der Waals surface area contributed by atoms with E-state index in [0.29, 0.717) is 5.69 Å². The minimum atomic E-state index is -0.997. The fraction of sp³-hybridized carbons (Fsp3) is 0.188. The number of nitrogens with zero attached hydrogens (tertiary/aromatic N) is 3. The van der Waals surface area contributed by atoms with Crippen molar-refractivity contribution in [1.29, 1.82) is 0 Å². The second-order valence-corrected chi connectivity index (χ2v) is 5.19. The zero-order valence-corrected chi connectivity index (χ0v) is 12.1. The standard InChI is InChI=1S/C16H15N3O2/c1-9-4-13-15(5-10(9)2)19(8-18-13)14-6-11(3)17-7-12(14)16(20)21/h4-8H,1-3H3,(H,20,21). The molecule has 5 nitrogen and oxygen atoms in total. The molecule has 1 aromatic carbocycles. The molecule has 2 heterocycles. The number of fused-ring (bicyclic) bond motifs is 1. The van der Waals surface area contributed by atoms with Crippen LogP contribution in [-0.2, 0) is 0 Å². The Balaban J connectivity index is 2.33. The van der Waals surface area contributed by atoms with Crippen LogP contribution in [0.2, 0.25) is 0 Å². The summed E-state index contributed by atoms with van der Waals surface area (Å²) in [7, 11) is 0. The fourth-order valence-corrected chi connectivity index (χ4v) is 2.37. The highest BCUT2D eigenvalue weighted by molar-refractivity contribution is 5.93. The van der Waals surface area contributed by atoms with Gasteiger partial charge in [-0.05, 0) is 50.1 Å². The maximum atomic E-state index is 11.4. The number of aryl methyl sites for hydroxylation is 3. The predicted molar refractivity (Wildman–Crippen MR) is 80.0 cm³/mol. The van der Waals surface area contributed by atoms with Crippen molar-refractivity contribution in [2.45, 2.75) is 20.8 Å². The van der Waals surface area contributed by atoms with Gasteiger partial charge in [0.05, 0.1) is 16.7 Å². The number of aromatic nitrogens is 3. The van der Waals surface area contributed by atoms with E-state index in [-0.39, 0.29) is 5.56 Å². The van der Waals surface area contributed by atoms with Gasteiger partial charge in [-0.2, -0.15) is 0 Å². The zero-order valence-electron chi connectivity index (χ0n) is 12.1. The molecule has 0 aliphatic rings. The van der Waals surface area contributed by atoms with Gasteiger partial charge in [-0.3, -0.25) is 9.55 Å². The predicted octanol–water partition coefficient (Wildman–Crippen LogP) is 3.04. The van der Waals surface area contributed by atoms with Gasteiger partial charge < -0.3 is 5.11 Å². The number of aromatic carboxylic acids is 1. The van der Waals surface area contributed by atoms with Crippen molar-refractivity contribution < 1.29 is 9.90 Å². The molecule has 3 aromatic rings. The summed E-state index contributed by atoms with van der Waals surface area (Å²) in [4.78, 5) is 19.9. The Kier molecular flexibility index (Phi) is 2.97. The average Bonchev–Trinajstić information content (AvgIpc) is 2.81. The van der Waals surface area contributed by atoms with Crippen LogP contribution in [0.1, 0.15) is 27.2 Å². The minimum absolute atomic E-state index is 0.165.